The third-order valence-corrected chi connectivity index (χ3v) is 2.62. The Kier molecular flexibility index (Phi) is 6.32. The Morgan fingerprint density at radius 2 is 2.06 bits per heavy atom. The minimum atomic E-state index is -0.150. The van der Waals surface area contributed by atoms with Gasteiger partial charge in [-0.25, -0.2) is 0 Å². The predicted octanol–water partition coefficient (Wildman–Crippen LogP) is 3.02. The molecule has 0 spiro atoms. The number of carbonyl (C=O) groups excluding carboxylic acids is 1. The summed E-state index contributed by atoms with van der Waals surface area (Å²) in [6, 6.07) is 7.83. The maximum absolute atomic E-state index is 11.5. The molecule has 0 N–H and O–H groups in total. The van der Waals surface area contributed by atoms with Gasteiger partial charge in [-0.05, 0) is 31.0 Å². The van der Waals surface area contributed by atoms with Crippen molar-refractivity contribution >= 4 is 17.6 Å². The monoisotopic (exact) mass is 264 g/mol. The van der Waals surface area contributed by atoms with Gasteiger partial charge in [0.1, 0.15) is 0 Å². The van der Waals surface area contributed by atoms with Crippen LogP contribution in [0.4, 0.5) is 0 Å². The van der Waals surface area contributed by atoms with Crippen LogP contribution >= 0.6 is 11.6 Å². The van der Waals surface area contributed by atoms with Crippen molar-refractivity contribution in [1.82, 2.24) is 0 Å². The van der Waals surface area contributed by atoms with Gasteiger partial charge in [-0.15, -0.1) is 11.6 Å². The SMILES string of the molecule is CCOC(=O)C(C)Cc1ccc(C#CCCl)cc1. The quantitative estimate of drug-likeness (QED) is 0.475. The molecule has 1 aromatic carbocycles. The van der Waals surface area contributed by atoms with Crippen LogP contribution in [0.1, 0.15) is 25.0 Å². The molecule has 0 amide bonds. The number of alkyl halides is 1. The Morgan fingerprint density at radius 1 is 1.39 bits per heavy atom. The fourth-order valence-electron chi connectivity index (χ4n) is 1.58. The van der Waals surface area contributed by atoms with Crippen molar-refractivity contribution in [3.8, 4) is 11.8 Å². The largest absolute Gasteiger partial charge is 0.466 e. The van der Waals surface area contributed by atoms with Crippen LogP contribution in [0.5, 0.6) is 0 Å². The Balaban J connectivity index is 2.60. The van der Waals surface area contributed by atoms with Crippen molar-refractivity contribution in [2.45, 2.75) is 20.3 Å². The molecule has 0 aliphatic carbocycles. The molecule has 0 aliphatic heterocycles. The fourth-order valence-corrected chi connectivity index (χ4v) is 1.65. The van der Waals surface area contributed by atoms with E-state index in [1.54, 1.807) is 0 Å². The van der Waals surface area contributed by atoms with Gasteiger partial charge in [0, 0.05) is 5.56 Å². The van der Waals surface area contributed by atoms with E-state index in [0.29, 0.717) is 18.9 Å². The van der Waals surface area contributed by atoms with Crippen molar-refractivity contribution in [3.05, 3.63) is 35.4 Å². The highest BCUT2D eigenvalue weighted by molar-refractivity contribution is 6.19. The third-order valence-electron chi connectivity index (χ3n) is 2.48. The molecule has 1 rings (SSSR count). The highest BCUT2D eigenvalue weighted by Gasteiger charge is 2.14. The lowest BCUT2D eigenvalue weighted by Gasteiger charge is -2.10. The number of esters is 1. The van der Waals surface area contributed by atoms with Crippen molar-refractivity contribution in [2.75, 3.05) is 12.5 Å². The summed E-state index contributed by atoms with van der Waals surface area (Å²) >= 11 is 5.49. The number of ether oxygens (including phenoxy) is 1. The van der Waals surface area contributed by atoms with Gasteiger partial charge >= 0.3 is 5.97 Å². The minimum Gasteiger partial charge on any atom is -0.466 e. The van der Waals surface area contributed by atoms with E-state index >= 15 is 0 Å². The standard InChI is InChI=1S/C15H17ClO2/c1-3-18-15(17)12(2)11-14-8-6-13(7-9-14)5-4-10-16/h6-9,12H,3,10-11H2,1-2H3. The highest BCUT2D eigenvalue weighted by Crippen LogP contribution is 2.11. The molecule has 0 aromatic heterocycles. The summed E-state index contributed by atoms with van der Waals surface area (Å²) in [5, 5.41) is 0. The molecule has 0 aliphatic rings. The lowest BCUT2D eigenvalue weighted by molar-refractivity contribution is -0.147. The number of carbonyl (C=O) groups is 1. The molecule has 1 atom stereocenters. The summed E-state index contributed by atoms with van der Waals surface area (Å²) < 4.78 is 4.98. The van der Waals surface area contributed by atoms with E-state index in [4.69, 9.17) is 16.3 Å². The van der Waals surface area contributed by atoms with Crippen molar-refractivity contribution in [2.24, 2.45) is 5.92 Å². The summed E-state index contributed by atoms with van der Waals surface area (Å²) in [7, 11) is 0. The Bertz CT molecular complexity index is 440. The topological polar surface area (TPSA) is 26.3 Å². The number of hydrogen-bond donors (Lipinski definition) is 0. The molecule has 2 nitrogen and oxygen atoms in total. The van der Waals surface area contributed by atoms with E-state index < -0.39 is 0 Å². The van der Waals surface area contributed by atoms with Crippen LogP contribution < -0.4 is 0 Å². The number of rotatable bonds is 4. The maximum Gasteiger partial charge on any atom is 0.308 e. The molecule has 1 unspecified atom stereocenters. The molecule has 3 heteroatoms. The van der Waals surface area contributed by atoms with Crippen LogP contribution in [-0.4, -0.2) is 18.5 Å². The summed E-state index contributed by atoms with van der Waals surface area (Å²) in [5.41, 5.74) is 2.04. The molecule has 96 valence electrons. The van der Waals surface area contributed by atoms with E-state index in [1.165, 1.54) is 0 Å². The summed E-state index contributed by atoms with van der Waals surface area (Å²) in [5.74, 6) is 5.81. The number of benzene rings is 1. The first-order chi connectivity index (χ1) is 8.67. The minimum absolute atomic E-state index is 0.121. The predicted molar refractivity (Wildman–Crippen MR) is 73.5 cm³/mol. The van der Waals surface area contributed by atoms with Gasteiger partial charge in [0.15, 0.2) is 0 Å². The van der Waals surface area contributed by atoms with Gasteiger partial charge in [-0.3, -0.25) is 4.79 Å². The molecule has 1 aromatic rings. The van der Waals surface area contributed by atoms with E-state index in [2.05, 4.69) is 11.8 Å². The molecule has 0 bridgehead atoms. The van der Waals surface area contributed by atoms with Crippen LogP contribution in [0.3, 0.4) is 0 Å². The Hall–Kier alpha value is -1.46. The van der Waals surface area contributed by atoms with Crippen molar-refractivity contribution < 1.29 is 9.53 Å². The Morgan fingerprint density at radius 3 is 2.61 bits per heavy atom. The molecule has 0 radical (unpaired) electrons. The Labute approximate surface area is 113 Å². The lowest BCUT2D eigenvalue weighted by Crippen LogP contribution is -2.16. The van der Waals surface area contributed by atoms with Gasteiger partial charge in [-0.1, -0.05) is 30.9 Å². The summed E-state index contributed by atoms with van der Waals surface area (Å²) in [6.45, 7) is 4.12. The van der Waals surface area contributed by atoms with Crippen LogP contribution in [0, 0.1) is 17.8 Å². The fraction of sp³-hybridized carbons (Fsp3) is 0.400. The molecule has 0 saturated heterocycles. The van der Waals surface area contributed by atoms with E-state index in [1.807, 2.05) is 38.1 Å². The van der Waals surface area contributed by atoms with Gasteiger partial charge in [0.25, 0.3) is 0 Å². The zero-order valence-corrected chi connectivity index (χ0v) is 11.5. The molecule has 18 heavy (non-hydrogen) atoms. The molecule has 0 heterocycles. The number of halogens is 1. The molecule has 0 fully saturated rings. The van der Waals surface area contributed by atoms with Crippen molar-refractivity contribution in [1.29, 1.82) is 0 Å². The summed E-state index contributed by atoms with van der Waals surface area (Å²) in [6.07, 6.45) is 0.683. The van der Waals surface area contributed by atoms with Gasteiger partial charge in [-0.2, -0.15) is 0 Å². The lowest BCUT2D eigenvalue weighted by atomic mass is 10.0. The van der Waals surface area contributed by atoms with Crippen LogP contribution in [0.25, 0.3) is 0 Å². The molecular formula is C15H17ClO2. The van der Waals surface area contributed by atoms with Crippen LogP contribution in [0.15, 0.2) is 24.3 Å². The van der Waals surface area contributed by atoms with Gasteiger partial charge in [0.2, 0.25) is 0 Å². The van der Waals surface area contributed by atoms with Crippen LogP contribution in [0.2, 0.25) is 0 Å². The normalized spacial score (nSPS) is 11.3. The van der Waals surface area contributed by atoms with Gasteiger partial charge < -0.3 is 4.74 Å². The average Bonchev–Trinajstić information content (AvgIpc) is 2.38. The smallest absolute Gasteiger partial charge is 0.308 e. The van der Waals surface area contributed by atoms with Crippen LogP contribution in [-0.2, 0) is 16.0 Å². The van der Waals surface area contributed by atoms with E-state index in [9.17, 15) is 4.79 Å². The summed E-state index contributed by atoms with van der Waals surface area (Å²) in [4.78, 5) is 11.5. The second kappa shape index (κ2) is 7.79. The first kappa shape index (κ1) is 14.6. The third kappa shape index (κ3) is 4.81. The first-order valence-corrected chi connectivity index (χ1v) is 6.51. The zero-order valence-electron chi connectivity index (χ0n) is 10.7. The number of hydrogen-bond acceptors (Lipinski definition) is 2. The molecular weight excluding hydrogens is 248 g/mol. The second-order valence-electron chi connectivity index (χ2n) is 3.99. The van der Waals surface area contributed by atoms with Gasteiger partial charge in [0.05, 0.1) is 18.4 Å². The first-order valence-electron chi connectivity index (χ1n) is 5.97. The van der Waals surface area contributed by atoms with E-state index in [-0.39, 0.29) is 11.9 Å². The highest BCUT2D eigenvalue weighted by atomic mass is 35.5. The average molecular weight is 265 g/mol. The zero-order chi connectivity index (χ0) is 13.4. The second-order valence-corrected chi connectivity index (χ2v) is 4.26. The molecule has 0 saturated carbocycles. The van der Waals surface area contributed by atoms with Crippen molar-refractivity contribution in [3.63, 3.8) is 0 Å². The van der Waals surface area contributed by atoms with E-state index in [0.717, 1.165) is 11.1 Å². The maximum atomic E-state index is 11.5.